The summed E-state index contributed by atoms with van der Waals surface area (Å²) >= 11 is 23.3. The van der Waals surface area contributed by atoms with Gasteiger partial charge in [0.2, 0.25) is 0 Å². The molecule has 0 radical (unpaired) electrons. The van der Waals surface area contributed by atoms with Gasteiger partial charge in [0.25, 0.3) is 0 Å². The molecule has 0 unspecified atom stereocenters. The molecular formula is C16H20N8S4Si. The highest BCUT2D eigenvalue weighted by Gasteiger charge is 2.49. The van der Waals surface area contributed by atoms with Gasteiger partial charge in [-0.1, -0.05) is 0 Å². The van der Waals surface area contributed by atoms with Crippen LogP contribution >= 0.6 is 48.9 Å². The van der Waals surface area contributed by atoms with Gasteiger partial charge in [-0.2, -0.15) is 0 Å². The van der Waals surface area contributed by atoms with Crippen LogP contribution in [0.2, 0.25) is 0 Å². The van der Waals surface area contributed by atoms with Crippen LogP contribution < -0.4 is 0 Å². The highest BCUT2D eigenvalue weighted by molar-refractivity contribution is 7.72. The molecule has 4 aromatic heterocycles. The number of imidazole rings is 4. The van der Waals surface area contributed by atoms with Crippen LogP contribution in [0.1, 0.15) is 0 Å². The average molecular weight is 481 g/mol. The molecule has 0 saturated heterocycles. The Hall–Kier alpha value is -2.06. The zero-order chi connectivity index (χ0) is 21.1. The second-order valence-electron chi connectivity index (χ2n) is 6.85. The first-order valence-electron chi connectivity index (χ1n) is 8.69. The van der Waals surface area contributed by atoms with E-state index >= 15 is 0 Å². The monoisotopic (exact) mass is 480 g/mol. The Kier molecular flexibility index (Phi) is 4.89. The number of hydrogen-bond acceptors (Lipinski definition) is 4. The fourth-order valence-corrected chi connectivity index (χ4v) is 9.54. The van der Waals surface area contributed by atoms with Gasteiger partial charge in [0, 0.05) is 77.8 Å². The molecule has 4 rings (SSSR count). The number of aromatic nitrogens is 8. The van der Waals surface area contributed by atoms with Gasteiger partial charge >= 0.3 is 8.72 Å². The molecular weight excluding hydrogens is 461 g/mol. The molecule has 0 amide bonds. The Labute approximate surface area is 189 Å². The maximum atomic E-state index is 5.82. The number of aryl methyl sites for hydroxylation is 4. The van der Waals surface area contributed by atoms with Crippen molar-refractivity contribution in [1.82, 2.24) is 35.2 Å². The van der Waals surface area contributed by atoms with E-state index in [1.54, 1.807) is 0 Å². The minimum absolute atomic E-state index is 0.652. The fraction of sp³-hybridized carbons (Fsp3) is 0.250. The van der Waals surface area contributed by atoms with E-state index in [2.05, 4.69) is 16.9 Å². The smallest absolute Gasteiger partial charge is 0.327 e. The van der Waals surface area contributed by atoms with E-state index in [0.29, 0.717) is 19.1 Å². The first kappa shape index (κ1) is 20.2. The van der Waals surface area contributed by atoms with Crippen LogP contribution in [0.25, 0.3) is 0 Å². The van der Waals surface area contributed by atoms with Crippen LogP contribution in [0, 0.1) is 19.1 Å². The van der Waals surface area contributed by atoms with E-state index in [0.717, 1.165) is 0 Å². The minimum Gasteiger partial charge on any atom is -0.327 e. The van der Waals surface area contributed by atoms with Crippen LogP contribution in [0.3, 0.4) is 0 Å². The van der Waals surface area contributed by atoms with E-state index in [9.17, 15) is 0 Å². The predicted octanol–water partition coefficient (Wildman–Crippen LogP) is 3.09. The van der Waals surface area contributed by atoms with Crippen molar-refractivity contribution in [3.8, 4) is 0 Å². The Balaban J connectivity index is 2.33. The van der Waals surface area contributed by atoms with E-state index in [1.807, 2.05) is 96.0 Å². The summed E-state index contributed by atoms with van der Waals surface area (Å²) in [5.41, 5.74) is 0. The Morgan fingerprint density at radius 3 is 0.793 bits per heavy atom. The van der Waals surface area contributed by atoms with Crippen LogP contribution in [-0.4, -0.2) is 43.9 Å². The SMILES string of the molecule is Cn1ccn([Si](n2ccn(C)c2=S)(n2ccn(C)c2=S)n2ccn(C)c2=S)c1=S. The van der Waals surface area contributed by atoms with E-state index in [1.165, 1.54) is 0 Å². The summed E-state index contributed by atoms with van der Waals surface area (Å²) in [4.78, 5) is 0. The van der Waals surface area contributed by atoms with Gasteiger partial charge in [-0.25, -0.2) is 0 Å². The van der Waals surface area contributed by atoms with Crippen LogP contribution in [-0.2, 0) is 28.2 Å². The molecule has 0 spiro atoms. The van der Waals surface area contributed by atoms with Crippen molar-refractivity contribution in [2.24, 2.45) is 28.2 Å². The minimum atomic E-state index is -3.23. The first-order chi connectivity index (χ1) is 13.7. The fourth-order valence-electron chi connectivity index (χ4n) is 3.47. The van der Waals surface area contributed by atoms with Crippen molar-refractivity contribution in [2.45, 2.75) is 0 Å². The van der Waals surface area contributed by atoms with E-state index < -0.39 is 8.72 Å². The Bertz CT molecular complexity index is 1230. The zero-order valence-corrected chi connectivity index (χ0v) is 20.6. The third-order valence-corrected chi connectivity index (χ3v) is 11.7. The number of hydrogen-bond donors (Lipinski definition) is 0. The molecule has 0 aliphatic heterocycles. The lowest BCUT2D eigenvalue weighted by Gasteiger charge is -2.34. The van der Waals surface area contributed by atoms with Gasteiger partial charge in [0.1, 0.15) is 0 Å². The average Bonchev–Trinajstić information content (AvgIpc) is 3.41. The molecule has 0 saturated carbocycles. The third kappa shape index (κ3) is 2.72. The summed E-state index contributed by atoms with van der Waals surface area (Å²) in [5, 5.41) is 0. The summed E-state index contributed by atoms with van der Waals surface area (Å²) < 4.78 is 18.6. The molecule has 0 N–H and O–H groups in total. The molecule has 4 aromatic rings. The molecule has 0 atom stereocenters. The van der Waals surface area contributed by atoms with Crippen molar-refractivity contribution in [2.75, 3.05) is 0 Å². The van der Waals surface area contributed by atoms with Crippen LogP contribution in [0.4, 0.5) is 0 Å². The molecule has 0 fully saturated rings. The van der Waals surface area contributed by atoms with Gasteiger partial charge in [0.05, 0.1) is 0 Å². The van der Waals surface area contributed by atoms with Crippen LogP contribution in [0.5, 0.6) is 0 Å². The molecule has 8 nitrogen and oxygen atoms in total. The topological polar surface area (TPSA) is 39.4 Å². The zero-order valence-electron chi connectivity index (χ0n) is 16.3. The Morgan fingerprint density at radius 2 is 0.655 bits per heavy atom. The van der Waals surface area contributed by atoms with Crippen LogP contribution in [0.15, 0.2) is 49.6 Å². The third-order valence-electron chi connectivity index (χ3n) is 5.08. The van der Waals surface area contributed by atoms with Gasteiger partial charge in [-0.3, -0.25) is 16.9 Å². The second-order valence-corrected chi connectivity index (χ2v) is 11.4. The molecule has 4 heterocycles. The van der Waals surface area contributed by atoms with Gasteiger partial charge in [-0.15, -0.1) is 0 Å². The molecule has 29 heavy (non-hydrogen) atoms. The number of rotatable bonds is 4. The highest BCUT2D eigenvalue weighted by atomic mass is 32.1. The second kappa shape index (κ2) is 7.02. The van der Waals surface area contributed by atoms with Crippen molar-refractivity contribution in [3.05, 3.63) is 68.7 Å². The predicted molar refractivity (Wildman–Crippen MR) is 124 cm³/mol. The lowest BCUT2D eigenvalue weighted by Crippen LogP contribution is -2.64. The van der Waals surface area contributed by atoms with E-state index in [-0.39, 0.29) is 0 Å². The summed E-state index contributed by atoms with van der Waals surface area (Å²) in [6.45, 7) is 0. The molecule has 0 aliphatic carbocycles. The van der Waals surface area contributed by atoms with Crippen molar-refractivity contribution >= 4 is 57.6 Å². The Morgan fingerprint density at radius 1 is 0.448 bits per heavy atom. The quantitative estimate of drug-likeness (QED) is 0.332. The summed E-state index contributed by atoms with van der Waals surface area (Å²) in [6, 6.07) is 0. The largest absolute Gasteiger partial charge is 0.527 e. The van der Waals surface area contributed by atoms with Crippen molar-refractivity contribution in [1.29, 1.82) is 0 Å². The lowest BCUT2D eigenvalue weighted by molar-refractivity contribution is 0.738. The molecule has 0 aromatic carbocycles. The highest BCUT2D eigenvalue weighted by Crippen LogP contribution is 2.22. The van der Waals surface area contributed by atoms with Gasteiger partial charge in [0.15, 0.2) is 19.1 Å². The summed E-state index contributed by atoms with van der Waals surface area (Å²) in [5.74, 6) is 0. The maximum Gasteiger partial charge on any atom is 0.527 e. The molecule has 0 bridgehead atoms. The maximum absolute atomic E-state index is 5.82. The summed E-state index contributed by atoms with van der Waals surface area (Å²) in [7, 11) is 4.48. The molecule has 152 valence electrons. The van der Waals surface area contributed by atoms with Gasteiger partial charge < -0.3 is 18.3 Å². The normalized spacial score (nSPS) is 12.0. The first-order valence-corrected chi connectivity index (χ1v) is 12.1. The van der Waals surface area contributed by atoms with Gasteiger partial charge in [-0.05, 0) is 48.9 Å². The summed E-state index contributed by atoms with van der Waals surface area (Å²) in [6.07, 6.45) is 15.7. The molecule has 0 aliphatic rings. The standard InChI is InChI=1S/C16H20N8S4Si/c1-17-5-9-21(13(17)25)29(22-10-6-18(2)14(22)26,23-11-7-19(3)15(23)27)24-12-8-20(4)16(24)28/h5-12H,1-4H3. The lowest BCUT2D eigenvalue weighted by atomic mass is 10.9. The molecule has 13 heteroatoms. The number of nitrogens with zero attached hydrogens (tertiary/aromatic N) is 8. The van der Waals surface area contributed by atoms with E-state index in [4.69, 9.17) is 48.9 Å². The van der Waals surface area contributed by atoms with Crippen molar-refractivity contribution in [3.63, 3.8) is 0 Å². The van der Waals surface area contributed by atoms with Crippen molar-refractivity contribution < 1.29 is 0 Å².